The molecule has 31 heavy (non-hydrogen) atoms. The number of halogens is 2. The minimum atomic E-state index is -2.92. The highest BCUT2D eigenvalue weighted by Gasteiger charge is 2.32. The molecule has 2 N–H and O–H groups in total. The first-order chi connectivity index (χ1) is 14.9. The molecule has 10 heteroatoms. The van der Waals surface area contributed by atoms with Gasteiger partial charge in [-0.1, -0.05) is 0 Å². The summed E-state index contributed by atoms with van der Waals surface area (Å²) in [6, 6.07) is 5.76. The first-order valence-corrected chi connectivity index (χ1v) is 9.56. The van der Waals surface area contributed by atoms with Crippen LogP contribution in [-0.4, -0.2) is 41.0 Å². The number of carbonyl (C=O) groups excluding carboxylic acids is 1. The van der Waals surface area contributed by atoms with Gasteiger partial charge in [0.15, 0.2) is 0 Å². The highest BCUT2D eigenvalue weighted by molar-refractivity contribution is 5.97. The number of amides is 1. The third-order valence-corrected chi connectivity index (χ3v) is 5.59. The molecule has 0 radical (unpaired) electrons. The number of benzene rings is 1. The smallest absolute Gasteiger partial charge is 0.387 e. The van der Waals surface area contributed by atoms with E-state index >= 15 is 0 Å². The lowest BCUT2D eigenvalue weighted by Gasteiger charge is -2.23. The fraction of sp³-hybridized carbons (Fsp3) is 0.286. The Kier molecular flexibility index (Phi) is 4.58. The average molecular weight is 428 g/mol. The lowest BCUT2D eigenvalue weighted by atomic mass is 10.0. The number of likely N-dealkylation sites (N-methyl/N-ethyl adjacent to an activating group) is 1. The molecule has 0 unspecified atom stereocenters. The number of hydrogen-bond donors (Lipinski definition) is 1. The molecular weight excluding hydrogens is 410 g/mol. The molecule has 4 heterocycles. The van der Waals surface area contributed by atoms with E-state index in [-0.39, 0.29) is 30.0 Å². The highest BCUT2D eigenvalue weighted by atomic mass is 19.3. The van der Waals surface area contributed by atoms with E-state index in [1.807, 2.05) is 0 Å². The Bertz CT molecular complexity index is 1200. The topological polar surface area (TPSA) is 99.8 Å². The fourth-order valence-corrected chi connectivity index (χ4v) is 3.98. The van der Waals surface area contributed by atoms with Gasteiger partial charge in [0.1, 0.15) is 29.6 Å². The van der Waals surface area contributed by atoms with Crippen molar-refractivity contribution in [2.75, 3.05) is 19.4 Å². The van der Waals surface area contributed by atoms with Crippen molar-refractivity contribution in [2.45, 2.75) is 25.9 Å². The van der Waals surface area contributed by atoms with Crippen LogP contribution in [0, 0.1) is 0 Å². The molecule has 0 aliphatic carbocycles. The Morgan fingerprint density at radius 1 is 1.29 bits per heavy atom. The second-order valence-electron chi connectivity index (χ2n) is 7.35. The summed E-state index contributed by atoms with van der Waals surface area (Å²) < 4.78 is 40.4. The third kappa shape index (κ3) is 3.28. The molecule has 0 spiro atoms. The Morgan fingerprint density at radius 3 is 2.90 bits per heavy atom. The minimum absolute atomic E-state index is 0.00224. The van der Waals surface area contributed by atoms with E-state index < -0.39 is 6.61 Å². The summed E-state index contributed by atoms with van der Waals surface area (Å²) in [4.78, 5) is 23.3. The molecule has 2 aliphatic heterocycles. The quantitative estimate of drug-likeness (QED) is 0.682. The van der Waals surface area contributed by atoms with Crippen molar-refractivity contribution in [1.29, 1.82) is 0 Å². The molecule has 1 aromatic carbocycles. The van der Waals surface area contributed by atoms with E-state index in [9.17, 15) is 13.6 Å². The number of rotatable bonds is 4. The SMILES string of the molecule is CN(C(=O)c1cc2c3c(c(N)nc2cn1)COC3)[C@H]1COc2cc(OC(F)F)ccc21. The highest BCUT2D eigenvalue weighted by Crippen LogP contribution is 2.39. The summed E-state index contributed by atoms with van der Waals surface area (Å²) in [6.45, 7) is -1.93. The second kappa shape index (κ2) is 7.31. The summed E-state index contributed by atoms with van der Waals surface area (Å²) in [5.74, 6) is 0.514. The van der Waals surface area contributed by atoms with Crippen molar-refractivity contribution < 1.29 is 27.8 Å². The maximum atomic E-state index is 13.2. The van der Waals surface area contributed by atoms with Crippen LogP contribution in [0.4, 0.5) is 14.6 Å². The van der Waals surface area contributed by atoms with Crippen molar-refractivity contribution in [3.63, 3.8) is 0 Å². The number of pyridine rings is 2. The van der Waals surface area contributed by atoms with Crippen LogP contribution in [0.25, 0.3) is 10.9 Å². The zero-order valence-electron chi connectivity index (χ0n) is 16.5. The number of alkyl halides is 2. The number of nitrogens with zero attached hydrogens (tertiary/aromatic N) is 3. The standard InChI is InChI=1S/C21H18F2N4O4/c1-27(17-9-30-18-4-10(31-21(22)23)2-3-11(17)18)20(28)15-5-12-13-7-29-8-14(13)19(24)26-16(12)6-25-15/h2-6,17,21H,7-9H2,1H3,(H2,24,26)/t17-/m0/s1. The molecular formula is C21H18F2N4O4. The largest absolute Gasteiger partial charge is 0.491 e. The molecule has 2 aromatic heterocycles. The molecule has 0 bridgehead atoms. The second-order valence-corrected chi connectivity index (χ2v) is 7.35. The molecule has 0 saturated carbocycles. The zero-order chi connectivity index (χ0) is 21.7. The van der Waals surface area contributed by atoms with Gasteiger partial charge in [-0.2, -0.15) is 8.78 Å². The van der Waals surface area contributed by atoms with Gasteiger partial charge >= 0.3 is 6.61 Å². The predicted octanol–water partition coefficient (Wildman–Crippen LogP) is 3.05. The van der Waals surface area contributed by atoms with Crippen LogP contribution in [0.3, 0.4) is 0 Å². The molecule has 2 aliphatic rings. The van der Waals surface area contributed by atoms with Gasteiger partial charge in [-0.05, 0) is 23.8 Å². The number of carbonyl (C=O) groups is 1. The van der Waals surface area contributed by atoms with Crippen LogP contribution < -0.4 is 15.2 Å². The van der Waals surface area contributed by atoms with Crippen LogP contribution in [0.1, 0.15) is 33.2 Å². The van der Waals surface area contributed by atoms with Gasteiger partial charge < -0.3 is 24.8 Å². The molecule has 0 fully saturated rings. The number of aromatic nitrogens is 2. The van der Waals surface area contributed by atoms with E-state index in [2.05, 4.69) is 14.7 Å². The number of anilines is 1. The van der Waals surface area contributed by atoms with Gasteiger partial charge in [-0.15, -0.1) is 0 Å². The van der Waals surface area contributed by atoms with Crippen LogP contribution in [0.2, 0.25) is 0 Å². The molecule has 1 amide bonds. The van der Waals surface area contributed by atoms with Gasteiger partial charge in [-0.25, -0.2) is 9.97 Å². The van der Waals surface area contributed by atoms with Crippen molar-refractivity contribution in [2.24, 2.45) is 0 Å². The Balaban J connectivity index is 1.44. The lowest BCUT2D eigenvalue weighted by molar-refractivity contribution is -0.0499. The van der Waals surface area contributed by atoms with Crippen LogP contribution >= 0.6 is 0 Å². The Labute approximate surface area is 175 Å². The van der Waals surface area contributed by atoms with Gasteiger partial charge in [0.2, 0.25) is 0 Å². The first-order valence-electron chi connectivity index (χ1n) is 9.56. The molecule has 5 rings (SSSR count). The van der Waals surface area contributed by atoms with Crippen molar-refractivity contribution >= 4 is 22.6 Å². The van der Waals surface area contributed by atoms with Gasteiger partial charge in [0.05, 0.1) is 31.0 Å². The average Bonchev–Trinajstić information content (AvgIpc) is 3.40. The van der Waals surface area contributed by atoms with E-state index in [4.69, 9.17) is 15.2 Å². The molecule has 0 saturated heterocycles. The summed E-state index contributed by atoms with van der Waals surface area (Å²) in [5.41, 5.74) is 9.31. The molecule has 1 atom stereocenters. The Morgan fingerprint density at radius 2 is 2.10 bits per heavy atom. The lowest BCUT2D eigenvalue weighted by Crippen LogP contribution is -2.32. The van der Waals surface area contributed by atoms with Gasteiger partial charge in [0, 0.05) is 29.6 Å². The van der Waals surface area contributed by atoms with Crippen LogP contribution in [0.5, 0.6) is 11.5 Å². The van der Waals surface area contributed by atoms with Gasteiger partial charge in [0.25, 0.3) is 5.91 Å². The summed E-state index contributed by atoms with van der Waals surface area (Å²) >= 11 is 0. The summed E-state index contributed by atoms with van der Waals surface area (Å²) in [7, 11) is 1.65. The zero-order valence-corrected chi connectivity index (χ0v) is 16.5. The van der Waals surface area contributed by atoms with Gasteiger partial charge in [-0.3, -0.25) is 4.79 Å². The van der Waals surface area contributed by atoms with E-state index in [0.717, 1.165) is 16.5 Å². The minimum Gasteiger partial charge on any atom is -0.491 e. The number of ether oxygens (including phenoxy) is 3. The fourth-order valence-electron chi connectivity index (χ4n) is 3.98. The predicted molar refractivity (Wildman–Crippen MR) is 106 cm³/mol. The van der Waals surface area contributed by atoms with Crippen LogP contribution in [0.15, 0.2) is 30.5 Å². The van der Waals surface area contributed by atoms with Crippen molar-refractivity contribution in [3.8, 4) is 11.5 Å². The molecule has 8 nitrogen and oxygen atoms in total. The normalized spacial score (nSPS) is 16.8. The van der Waals surface area contributed by atoms with Crippen molar-refractivity contribution in [3.05, 3.63) is 52.8 Å². The van der Waals surface area contributed by atoms with Crippen molar-refractivity contribution in [1.82, 2.24) is 14.9 Å². The summed E-state index contributed by atoms with van der Waals surface area (Å²) in [6.07, 6.45) is 1.53. The molecule has 3 aromatic rings. The number of fused-ring (bicyclic) bond motifs is 4. The van der Waals surface area contributed by atoms with E-state index in [1.54, 1.807) is 19.2 Å². The van der Waals surface area contributed by atoms with E-state index in [0.29, 0.717) is 35.9 Å². The number of nitrogen functional groups attached to an aromatic ring is 1. The maximum absolute atomic E-state index is 13.2. The first kappa shape index (κ1) is 19.4. The number of hydrogen-bond acceptors (Lipinski definition) is 7. The van der Waals surface area contributed by atoms with Crippen LogP contribution in [-0.2, 0) is 18.0 Å². The Hall–Kier alpha value is -3.53. The third-order valence-electron chi connectivity index (χ3n) is 5.59. The number of nitrogens with two attached hydrogens (primary N) is 1. The monoisotopic (exact) mass is 428 g/mol. The summed E-state index contributed by atoms with van der Waals surface area (Å²) in [5, 5.41) is 0.783. The maximum Gasteiger partial charge on any atom is 0.387 e. The molecule has 160 valence electrons. The van der Waals surface area contributed by atoms with E-state index in [1.165, 1.54) is 23.2 Å².